The van der Waals surface area contributed by atoms with Crippen molar-refractivity contribution in [2.24, 2.45) is 13.0 Å². The molecule has 1 aliphatic rings. The van der Waals surface area contributed by atoms with Crippen LogP contribution in [0.4, 0.5) is 5.82 Å². The second-order valence-electron chi connectivity index (χ2n) is 6.94. The molecular weight excluding hydrogens is 346 g/mol. The molecule has 0 radical (unpaired) electrons. The fourth-order valence-electron chi connectivity index (χ4n) is 3.38. The third-order valence-corrected chi connectivity index (χ3v) is 4.85. The largest absolute Gasteiger partial charge is 0.338 e. The Morgan fingerprint density at radius 1 is 1.30 bits per heavy atom. The Bertz CT molecular complexity index is 885. The zero-order valence-electron chi connectivity index (χ0n) is 15.7. The van der Waals surface area contributed by atoms with Gasteiger partial charge < -0.3 is 14.8 Å². The highest BCUT2D eigenvalue weighted by Crippen LogP contribution is 2.21. The standard InChI is InChI=1S/C19H25N5O3/c1-3-24-10-8-16(21-24)20-17(25)11-14-5-4-9-23(12-14)19(27)15-6-7-18(26)22(2)13-15/h6-8,10,13-14H,3-5,9,11-12H2,1-2H3,(H,20,21,25). The van der Waals surface area contributed by atoms with Crippen molar-refractivity contribution in [1.29, 1.82) is 0 Å². The molecule has 1 N–H and O–H groups in total. The van der Waals surface area contributed by atoms with Gasteiger partial charge in [-0.1, -0.05) is 0 Å². The first kappa shape index (κ1) is 18.9. The van der Waals surface area contributed by atoms with Crippen molar-refractivity contribution in [3.05, 3.63) is 46.5 Å². The molecular formula is C19H25N5O3. The number of hydrogen-bond acceptors (Lipinski definition) is 4. The molecule has 8 nitrogen and oxygen atoms in total. The average molecular weight is 371 g/mol. The number of amides is 2. The maximum Gasteiger partial charge on any atom is 0.255 e. The normalized spacial score (nSPS) is 17.0. The molecule has 1 atom stereocenters. The molecule has 2 amide bonds. The lowest BCUT2D eigenvalue weighted by atomic mass is 9.94. The van der Waals surface area contributed by atoms with Gasteiger partial charge in [0.1, 0.15) is 0 Å². The molecule has 3 heterocycles. The van der Waals surface area contributed by atoms with Gasteiger partial charge in [0.05, 0.1) is 5.56 Å². The summed E-state index contributed by atoms with van der Waals surface area (Å²) in [5.74, 6) is 0.481. The summed E-state index contributed by atoms with van der Waals surface area (Å²) in [6, 6.07) is 4.74. The summed E-state index contributed by atoms with van der Waals surface area (Å²) in [6.07, 6.45) is 5.51. The molecule has 3 rings (SSSR count). The summed E-state index contributed by atoms with van der Waals surface area (Å²) in [4.78, 5) is 38.3. The zero-order valence-corrected chi connectivity index (χ0v) is 15.7. The number of rotatable bonds is 5. The first-order valence-corrected chi connectivity index (χ1v) is 9.25. The van der Waals surface area contributed by atoms with Crippen molar-refractivity contribution in [2.75, 3.05) is 18.4 Å². The van der Waals surface area contributed by atoms with E-state index in [2.05, 4.69) is 10.4 Å². The molecule has 0 saturated carbocycles. The molecule has 1 aliphatic heterocycles. The molecule has 1 unspecified atom stereocenters. The smallest absolute Gasteiger partial charge is 0.255 e. The first-order valence-electron chi connectivity index (χ1n) is 9.25. The lowest BCUT2D eigenvalue weighted by Crippen LogP contribution is -2.41. The van der Waals surface area contributed by atoms with E-state index < -0.39 is 0 Å². The fraction of sp³-hybridized carbons (Fsp3) is 0.474. The van der Waals surface area contributed by atoms with Crippen LogP contribution < -0.4 is 10.9 Å². The number of nitrogens with zero attached hydrogens (tertiary/aromatic N) is 4. The van der Waals surface area contributed by atoms with E-state index in [0.717, 1.165) is 19.4 Å². The van der Waals surface area contributed by atoms with Crippen LogP contribution in [0.1, 0.15) is 36.5 Å². The number of carbonyl (C=O) groups excluding carboxylic acids is 2. The summed E-state index contributed by atoms with van der Waals surface area (Å²) >= 11 is 0. The number of carbonyl (C=O) groups is 2. The Morgan fingerprint density at radius 2 is 2.11 bits per heavy atom. The van der Waals surface area contributed by atoms with Crippen LogP contribution in [0.5, 0.6) is 0 Å². The summed E-state index contributed by atoms with van der Waals surface area (Å²) in [6.45, 7) is 3.94. The lowest BCUT2D eigenvalue weighted by Gasteiger charge is -2.32. The molecule has 2 aromatic rings. The highest BCUT2D eigenvalue weighted by atomic mass is 16.2. The fourth-order valence-corrected chi connectivity index (χ4v) is 3.38. The Balaban J connectivity index is 1.58. The van der Waals surface area contributed by atoms with Crippen LogP contribution in [-0.2, 0) is 18.4 Å². The van der Waals surface area contributed by atoms with Crippen LogP contribution in [0.3, 0.4) is 0 Å². The van der Waals surface area contributed by atoms with Crippen LogP contribution in [-0.4, -0.2) is 44.2 Å². The number of hydrogen-bond donors (Lipinski definition) is 1. The van der Waals surface area contributed by atoms with Crippen LogP contribution in [0.2, 0.25) is 0 Å². The average Bonchev–Trinajstić information content (AvgIpc) is 3.11. The maximum atomic E-state index is 12.7. The summed E-state index contributed by atoms with van der Waals surface area (Å²) in [5, 5.41) is 7.07. The number of piperidine rings is 1. The molecule has 8 heteroatoms. The summed E-state index contributed by atoms with van der Waals surface area (Å²) in [7, 11) is 1.63. The highest BCUT2D eigenvalue weighted by Gasteiger charge is 2.26. The SMILES string of the molecule is CCn1ccc(NC(=O)CC2CCCN(C(=O)c3ccc(=O)n(C)c3)C2)n1. The van der Waals surface area contributed by atoms with Crippen molar-refractivity contribution in [1.82, 2.24) is 19.2 Å². The van der Waals surface area contributed by atoms with Gasteiger partial charge in [-0.25, -0.2) is 0 Å². The minimum Gasteiger partial charge on any atom is -0.338 e. The van der Waals surface area contributed by atoms with E-state index in [4.69, 9.17) is 0 Å². The van der Waals surface area contributed by atoms with Gasteiger partial charge in [-0.3, -0.25) is 19.1 Å². The van der Waals surface area contributed by atoms with E-state index in [1.807, 2.05) is 13.1 Å². The number of aromatic nitrogens is 3. The van der Waals surface area contributed by atoms with Crippen molar-refractivity contribution >= 4 is 17.6 Å². The second kappa shape index (κ2) is 8.20. The maximum absolute atomic E-state index is 12.7. The minimum atomic E-state index is -0.148. The van der Waals surface area contributed by atoms with Crippen molar-refractivity contribution in [2.45, 2.75) is 32.7 Å². The van der Waals surface area contributed by atoms with Gasteiger partial charge >= 0.3 is 0 Å². The van der Waals surface area contributed by atoms with Crippen molar-refractivity contribution < 1.29 is 9.59 Å². The molecule has 0 aromatic carbocycles. The summed E-state index contributed by atoms with van der Waals surface area (Å²) < 4.78 is 3.15. The van der Waals surface area contributed by atoms with Crippen LogP contribution >= 0.6 is 0 Å². The first-order chi connectivity index (χ1) is 13.0. The van der Waals surface area contributed by atoms with Crippen molar-refractivity contribution in [3.8, 4) is 0 Å². The third kappa shape index (κ3) is 4.64. The number of likely N-dealkylation sites (tertiary alicyclic amines) is 1. The van der Waals surface area contributed by atoms with E-state index in [1.54, 1.807) is 35.0 Å². The Labute approximate surface area is 157 Å². The van der Waals surface area contributed by atoms with Gasteiger partial charge in [0, 0.05) is 57.6 Å². The monoisotopic (exact) mass is 371 g/mol. The third-order valence-electron chi connectivity index (χ3n) is 4.85. The molecule has 0 spiro atoms. The van der Waals surface area contributed by atoms with Gasteiger partial charge in [-0.15, -0.1) is 0 Å². The molecule has 0 bridgehead atoms. The topological polar surface area (TPSA) is 89.2 Å². The number of aryl methyl sites for hydroxylation is 2. The van der Waals surface area contributed by atoms with Gasteiger partial charge in [0.25, 0.3) is 5.91 Å². The molecule has 2 aromatic heterocycles. The van der Waals surface area contributed by atoms with E-state index in [1.165, 1.54) is 10.6 Å². The van der Waals surface area contributed by atoms with E-state index in [0.29, 0.717) is 30.9 Å². The Kier molecular flexibility index (Phi) is 5.73. The van der Waals surface area contributed by atoms with E-state index in [9.17, 15) is 14.4 Å². The second-order valence-corrected chi connectivity index (χ2v) is 6.94. The predicted molar refractivity (Wildman–Crippen MR) is 101 cm³/mol. The van der Waals surface area contributed by atoms with Gasteiger partial charge in [-0.05, 0) is 31.7 Å². The lowest BCUT2D eigenvalue weighted by molar-refractivity contribution is -0.117. The molecule has 1 saturated heterocycles. The summed E-state index contributed by atoms with van der Waals surface area (Å²) in [5.41, 5.74) is 0.345. The number of nitrogens with one attached hydrogen (secondary N) is 1. The minimum absolute atomic E-state index is 0.0854. The quantitative estimate of drug-likeness (QED) is 0.862. The predicted octanol–water partition coefficient (Wildman–Crippen LogP) is 1.48. The van der Waals surface area contributed by atoms with Crippen LogP contribution in [0.15, 0.2) is 35.4 Å². The highest BCUT2D eigenvalue weighted by molar-refractivity contribution is 5.94. The van der Waals surface area contributed by atoms with Crippen LogP contribution in [0, 0.1) is 5.92 Å². The number of anilines is 1. The molecule has 0 aliphatic carbocycles. The van der Waals surface area contributed by atoms with E-state index in [-0.39, 0.29) is 23.3 Å². The number of pyridine rings is 1. The zero-order chi connectivity index (χ0) is 19.4. The molecule has 27 heavy (non-hydrogen) atoms. The van der Waals surface area contributed by atoms with Gasteiger partial charge in [0.15, 0.2) is 5.82 Å². The Morgan fingerprint density at radius 3 is 2.81 bits per heavy atom. The van der Waals surface area contributed by atoms with Crippen molar-refractivity contribution in [3.63, 3.8) is 0 Å². The van der Waals surface area contributed by atoms with Crippen LogP contribution in [0.25, 0.3) is 0 Å². The molecule has 1 fully saturated rings. The van der Waals surface area contributed by atoms with Gasteiger partial charge in [0.2, 0.25) is 11.5 Å². The van der Waals surface area contributed by atoms with Gasteiger partial charge in [-0.2, -0.15) is 5.10 Å². The van der Waals surface area contributed by atoms with E-state index >= 15 is 0 Å². The Hall–Kier alpha value is -2.90. The molecule has 144 valence electrons.